The summed E-state index contributed by atoms with van der Waals surface area (Å²) in [7, 11) is 0. The van der Waals surface area contributed by atoms with Gasteiger partial charge in [0.05, 0.1) is 0 Å². The number of rotatable bonds is 2. The number of carbonyl (C=O) groups is 3. The van der Waals surface area contributed by atoms with Gasteiger partial charge in [0.2, 0.25) is 11.8 Å². The second-order valence-corrected chi connectivity index (χ2v) is 5.04. The number of carbonyl (C=O) groups excluding carboxylic acids is 3. The molecule has 2 heterocycles. The lowest BCUT2D eigenvalue weighted by molar-refractivity contribution is -0.130. The van der Waals surface area contributed by atoms with Crippen LogP contribution in [0.3, 0.4) is 0 Å². The number of nitrogens with zero attached hydrogens (tertiary/aromatic N) is 2. The molecule has 0 atom stereocenters. The predicted octanol–water partition coefficient (Wildman–Crippen LogP) is 1.64. The Labute approximate surface area is 102 Å². The molecule has 2 rings (SSSR count). The van der Waals surface area contributed by atoms with Crippen molar-refractivity contribution in [2.75, 3.05) is 4.90 Å². The number of thiazole rings is 1. The molecule has 0 radical (unpaired) electrons. The van der Waals surface area contributed by atoms with Gasteiger partial charge in [-0.3, -0.25) is 14.4 Å². The average molecular weight is 252 g/mol. The largest absolute Gasteiger partial charge is 0.293 e. The average Bonchev–Trinajstić information content (AvgIpc) is 2.65. The first-order valence-corrected chi connectivity index (χ1v) is 6.19. The molecule has 1 fully saturated rings. The van der Waals surface area contributed by atoms with E-state index in [0.717, 1.165) is 16.2 Å². The molecular weight excluding hydrogens is 240 g/mol. The number of piperidine rings is 1. The maximum absolute atomic E-state index is 11.8. The van der Waals surface area contributed by atoms with Crippen LogP contribution in [0, 0.1) is 5.92 Å². The van der Waals surface area contributed by atoms with E-state index in [1.54, 1.807) is 5.38 Å². The van der Waals surface area contributed by atoms with Crippen LogP contribution in [0.15, 0.2) is 5.38 Å². The van der Waals surface area contributed by atoms with E-state index in [9.17, 15) is 14.4 Å². The summed E-state index contributed by atoms with van der Waals surface area (Å²) >= 11 is 1.15. The molecule has 90 valence electrons. The van der Waals surface area contributed by atoms with Gasteiger partial charge >= 0.3 is 0 Å². The van der Waals surface area contributed by atoms with Crippen LogP contribution in [0.25, 0.3) is 0 Å². The van der Waals surface area contributed by atoms with Gasteiger partial charge < -0.3 is 0 Å². The van der Waals surface area contributed by atoms with E-state index in [0.29, 0.717) is 23.7 Å². The highest BCUT2D eigenvalue weighted by molar-refractivity contribution is 7.14. The molecular formula is C11H12N2O3S. The van der Waals surface area contributed by atoms with Gasteiger partial charge in [-0.05, 0) is 5.92 Å². The zero-order chi connectivity index (χ0) is 12.6. The van der Waals surface area contributed by atoms with Gasteiger partial charge in [-0.25, -0.2) is 9.88 Å². The molecule has 1 aromatic rings. The van der Waals surface area contributed by atoms with E-state index in [-0.39, 0.29) is 23.5 Å². The summed E-state index contributed by atoms with van der Waals surface area (Å²) in [6, 6.07) is 0. The first-order chi connectivity index (χ1) is 7.99. The highest BCUT2D eigenvalue weighted by Gasteiger charge is 2.33. The lowest BCUT2D eigenvalue weighted by atomic mass is 9.98. The second kappa shape index (κ2) is 4.37. The van der Waals surface area contributed by atoms with Crippen LogP contribution in [0.1, 0.15) is 37.2 Å². The molecule has 0 N–H and O–H groups in total. The smallest absolute Gasteiger partial charge is 0.235 e. The van der Waals surface area contributed by atoms with Crippen LogP contribution in [0.5, 0.6) is 0 Å². The van der Waals surface area contributed by atoms with Crippen LogP contribution in [-0.2, 0) is 9.59 Å². The zero-order valence-corrected chi connectivity index (χ0v) is 10.4. The third kappa shape index (κ3) is 2.26. The molecule has 0 bridgehead atoms. The van der Waals surface area contributed by atoms with Crippen molar-refractivity contribution in [3.05, 3.63) is 11.1 Å². The molecule has 0 spiro atoms. The van der Waals surface area contributed by atoms with Crippen molar-refractivity contribution in [1.29, 1.82) is 0 Å². The summed E-state index contributed by atoms with van der Waals surface area (Å²) in [6.45, 7) is 3.27. The minimum atomic E-state index is -0.238. The summed E-state index contributed by atoms with van der Waals surface area (Å²) in [6.07, 6.45) is 0.696. The normalized spacial score (nSPS) is 17.6. The number of anilines is 1. The van der Waals surface area contributed by atoms with Crippen LogP contribution >= 0.6 is 11.3 Å². The monoisotopic (exact) mass is 252 g/mol. The second-order valence-electron chi connectivity index (χ2n) is 4.21. The number of aromatic nitrogens is 1. The van der Waals surface area contributed by atoms with E-state index in [2.05, 4.69) is 4.98 Å². The van der Waals surface area contributed by atoms with Crippen molar-refractivity contribution in [1.82, 2.24) is 4.98 Å². The van der Waals surface area contributed by atoms with Crippen LogP contribution in [0.4, 0.5) is 5.13 Å². The van der Waals surface area contributed by atoms with Crippen LogP contribution in [0.2, 0.25) is 0 Å². The Bertz CT molecular complexity index is 477. The first-order valence-electron chi connectivity index (χ1n) is 5.31. The Hall–Kier alpha value is -1.56. The molecule has 0 aliphatic carbocycles. The Morgan fingerprint density at radius 1 is 1.41 bits per heavy atom. The lowest BCUT2D eigenvalue weighted by Gasteiger charge is -2.25. The SMILES string of the molecule is CC(=O)c1csc(N2C(=O)CC(C)CC2=O)n1. The van der Waals surface area contributed by atoms with Gasteiger partial charge in [0.25, 0.3) is 0 Å². The fourth-order valence-electron chi connectivity index (χ4n) is 1.73. The lowest BCUT2D eigenvalue weighted by Crippen LogP contribution is -2.42. The molecule has 2 amide bonds. The fraction of sp³-hybridized carbons (Fsp3) is 0.455. The van der Waals surface area contributed by atoms with E-state index in [1.165, 1.54) is 6.92 Å². The number of ketones is 1. The maximum atomic E-state index is 11.8. The summed E-state index contributed by atoms with van der Waals surface area (Å²) in [5, 5.41) is 1.87. The van der Waals surface area contributed by atoms with Gasteiger partial charge in [0, 0.05) is 25.1 Å². The summed E-state index contributed by atoms with van der Waals surface area (Å²) in [4.78, 5) is 39.8. The van der Waals surface area contributed by atoms with Gasteiger partial charge in [0.15, 0.2) is 10.9 Å². The maximum Gasteiger partial charge on any atom is 0.235 e. The van der Waals surface area contributed by atoms with Gasteiger partial charge in [-0.15, -0.1) is 11.3 Å². The Morgan fingerprint density at radius 3 is 2.47 bits per heavy atom. The summed E-state index contributed by atoms with van der Waals surface area (Å²) in [5.74, 6) is -0.562. The van der Waals surface area contributed by atoms with Crippen molar-refractivity contribution in [3.63, 3.8) is 0 Å². The number of imide groups is 1. The minimum Gasteiger partial charge on any atom is -0.293 e. The van der Waals surface area contributed by atoms with Crippen molar-refractivity contribution in [2.45, 2.75) is 26.7 Å². The topological polar surface area (TPSA) is 67.3 Å². The quantitative estimate of drug-likeness (QED) is 0.592. The third-order valence-electron chi connectivity index (χ3n) is 2.59. The molecule has 0 unspecified atom stereocenters. The van der Waals surface area contributed by atoms with Crippen molar-refractivity contribution < 1.29 is 14.4 Å². The van der Waals surface area contributed by atoms with Crippen molar-refractivity contribution in [2.24, 2.45) is 5.92 Å². The van der Waals surface area contributed by atoms with Crippen molar-refractivity contribution in [3.8, 4) is 0 Å². The highest BCUT2D eigenvalue weighted by Crippen LogP contribution is 2.27. The third-order valence-corrected chi connectivity index (χ3v) is 3.41. The van der Waals surface area contributed by atoms with E-state index in [4.69, 9.17) is 0 Å². The van der Waals surface area contributed by atoms with E-state index < -0.39 is 0 Å². The summed E-state index contributed by atoms with van der Waals surface area (Å²) in [5.41, 5.74) is 0.296. The van der Waals surface area contributed by atoms with Crippen LogP contribution < -0.4 is 4.90 Å². The van der Waals surface area contributed by atoms with E-state index in [1.807, 2.05) is 6.92 Å². The fourth-order valence-corrected chi connectivity index (χ4v) is 2.63. The Balaban J connectivity index is 2.29. The molecule has 17 heavy (non-hydrogen) atoms. The molecule has 6 heteroatoms. The van der Waals surface area contributed by atoms with Crippen molar-refractivity contribution >= 4 is 34.1 Å². The number of hydrogen-bond donors (Lipinski definition) is 0. The number of hydrogen-bond acceptors (Lipinski definition) is 5. The number of amides is 2. The molecule has 1 saturated heterocycles. The molecule has 1 aliphatic heterocycles. The van der Waals surface area contributed by atoms with Gasteiger partial charge in [-0.2, -0.15) is 0 Å². The van der Waals surface area contributed by atoms with Gasteiger partial charge in [-0.1, -0.05) is 6.92 Å². The Morgan fingerprint density at radius 2 is 2.00 bits per heavy atom. The number of Topliss-reactive ketones (excluding diaryl/α,β-unsaturated/α-hetero) is 1. The highest BCUT2D eigenvalue weighted by atomic mass is 32.1. The molecule has 1 aliphatic rings. The minimum absolute atomic E-state index is 0.0819. The molecule has 5 nitrogen and oxygen atoms in total. The molecule has 0 saturated carbocycles. The first kappa shape index (κ1) is 11.9. The van der Waals surface area contributed by atoms with Crippen LogP contribution in [-0.4, -0.2) is 22.6 Å². The standard InChI is InChI=1S/C11H12N2O3S/c1-6-3-9(15)13(10(16)4-6)11-12-8(5-17-11)7(2)14/h5-6H,3-4H2,1-2H3. The van der Waals surface area contributed by atoms with Gasteiger partial charge in [0.1, 0.15) is 5.69 Å². The molecule has 0 aromatic carbocycles. The zero-order valence-electron chi connectivity index (χ0n) is 9.60. The molecule has 1 aromatic heterocycles. The Kier molecular flexibility index (Phi) is 3.06. The predicted molar refractivity (Wildman–Crippen MR) is 63.0 cm³/mol. The summed E-state index contributed by atoms with van der Waals surface area (Å²) < 4.78 is 0. The van der Waals surface area contributed by atoms with E-state index >= 15 is 0 Å².